The molecular weight excluding hydrogens is 312 g/mol. The lowest BCUT2D eigenvalue weighted by Gasteiger charge is -2.28. The molecule has 1 aliphatic rings. The molecule has 2 atom stereocenters. The van der Waals surface area contributed by atoms with Gasteiger partial charge in [-0.1, -0.05) is 25.1 Å². The number of nitrogens with one attached hydrogen (secondary N) is 2. The first kappa shape index (κ1) is 19.8. The third-order valence-electron chi connectivity index (χ3n) is 4.42. The van der Waals surface area contributed by atoms with Gasteiger partial charge in [0.1, 0.15) is 12.4 Å². The van der Waals surface area contributed by atoms with Crippen LogP contribution in [-0.4, -0.2) is 32.1 Å². The summed E-state index contributed by atoms with van der Waals surface area (Å²) in [7, 11) is 0. The molecule has 130 valence electrons. The van der Waals surface area contributed by atoms with E-state index in [9.17, 15) is 4.79 Å². The van der Waals surface area contributed by atoms with Crippen LogP contribution >= 0.6 is 12.4 Å². The van der Waals surface area contributed by atoms with E-state index in [0.29, 0.717) is 31.4 Å². The van der Waals surface area contributed by atoms with Crippen LogP contribution in [-0.2, 0) is 4.79 Å². The second-order valence-electron chi connectivity index (χ2n) is 6.25. The number of benzene rings is 1. The monoisotopic (exact) mass is 340 g/mol. The van der Waals surface area contributed by atoms with E-state index in [2.05, 4.69) is 17.6 Å². The van der Waals surface area contributed by atoms with E-state index in [-0.39, 0.29) is 18.3 Å². The molecule has 1 heterocycles. The van der Waals surface area contributed by atoms with Crippen molar-refractivity contribution in [3.63, 3.8) is 0 Å². The molecule has 1 aliphatic heterocycles. The average molecular weight is 341 g/mol. The molecule has 1 aromatic rings. The maximum absolute atomic E-state index is 12.0. The van der Waals surface area contributed by atoms with Gasteiger partial charge in [-0.25, -0.2) is 0 Å². The Kier molecular flexibility index (Phi) is 9.03. The SMILES string of the molecule is Cc1ccccc1OCCNC(=O)CC(C)C1CCCNC1.Cl. The molecule has 1 saturated heterocycles. The quantitative estimate of drug-likeness (QED) is 0.750. The molecule has 0 bridgehead atoms. The van der Waals surface area contributed by atoms with E-state index < -0.39 is 0 Å². The summed E-state index contributed by atoms with van der Waals surface area (Å²) >= 11 is 0. The molecule has 2 N–H and O–H groups in total. The molecule has 2 rings (SSSR count). The van der Waals surface area contributed by atoms with Crippen LogP contribution in [0.4, 0.5) is 0 Å². The predicted molar refractivity (Wildman–Crippen MR) is 96.3 cm³/mol. The molecule has 0 radical (unpaired) electrons. The molecule has 0 spiro atoms. The molecule has 2 unspecified atom stereocenters. The zero-order valence-electron chi connectivity index (χ0n) is 14.1. The molecule has 1 aromatic carbocycles. The van der Waals surface area contributed by atoms with Gasteiger partial charge in [-0.05, 0) is 56.3 Å². The molecule has 4 nitrogen and oxygen atoms in total. The normalized spacial score (nSPS) is 18.6. The van der Waals surface area contributed by atoms with Gasteiger partial charge in [0.2, 0.25) is 5.91 Å². The summed E-state index contributed by atoms with van der Waals surface area (Å²) < 4.78 is 5.68. The lowest BCUT2D eigenvalue weighted by Crippen LogP contribution is -2.36. The summed E-state index contributed by atoms with van der Waals surface area (Å²) in [4.78, 5) is 12.0. The van der Waals surface area contributed by atoms with E-state index in [0.717, 1.165) is 24.4 Å². The Balaban J connectivity index is 0.00000264. The number of aryl methyl sites for hydroxylation is 1. The highest BCUT2D eigenvalue weighted by Crippen LogP contribution is 2.22. The van der Waals surface area contributed by atoms with Gasteiger partial charge in [0, 0.05) is 6.42 Å². The van der Waals surface area contributed by atoms with Gasteiger partial charge < -0.3 is 15.4 Å². The molecule has 0 aliphatic carbocycles. The van der Waals surface area contributed by atoms with Crippen molar-refractivity contribution >= 4 is 18.3 Å². The van der Waals surface area contributed by atoms with Crippen LogP contribution in [0.3, 0.4) is 0 Å². The number of carbonyl (C=O) groups is 1. The summed E-state index contributed by atoms with van der Waals surface area (Å²) in [5, 5.41) is 6.37. The number of carbonyl (C=O) groups excluding carboxylic acids is 1. The van der Waals surface area contributed by atoms with Gasteiger partial charge in [0.05, 0.1) is 6.54 Å². The van der Waals surface area contributed by atoms with Crippen molar-refractivity contribution in [3.05, 3.63) is 29.8 Å². The summed E-state index contributed by atoms with van der Waals surface area (Å²) in [5.41, 5.74) is 1.12. The fourth-order valence-electron chi connectivity index (χ4n) is 2.97. The highest BCUT2D eigenvalue weighted by molar-refractivity contribution is 5.85. The van der Waals surface area contributed by atoms with E-state index in [1.54, 1.807) is 0 Å². The molecule has 0 aromatic heterocycles. The van der Waals surface area contributed by atoms with Gasteiger partial charge >= 0.3 is 0 Å². The van der Waals surface area contributed by atoms with Crippen molar-refractivity contribution in [2.45, 2.75) is 33.1 Å². The van der Waals surface area contributed by atoms with Crippen LogP contribution in [0.25, 0.3) is 0 Å². The number of hydrogen-bond acceptors (Lipinski definition) is 3. The summed E-state index contributed by atoms with van der Waals surface area (Å²) in [6.45, 7) is 7.43. The van der Waals surface area contributed by atoms with Gasteiger partial charge in [0.25, 0.3) is 0 Å². The lowest BCUT2D eigenvalue weighted by molar-refractivity contribution is -0.122. The number of hydrogen-bond donors (Lipinski definition) is 2. The van der Waals surface area contributed by atoms with Gasteiger partial charge in [-0.15, -0.1) is 12.4 Å². The number of ether oxygens (including phenoxy) is 1. The predicted octanol–water partition coefficient (Wildman–Crippen LogP) is 2.94. The average Bonchev–Trinajstić information content (AvgIpc) is 2.54. The topological polar surface area (TPSA) is 50.4 Å². The van der Waals surface area contributed by atoms with Crippen molar-refractivity contribution in [1.29, 1.82) is 0 Å². The van der Waals surface area contributed by atoms with Crippen LogP contribution in [0.2, 0.25) is 0 Å². The second-order valence-corrected chi connectivity index (χ2v) is 6.25. The molecular formula is C18H29ClN2O2. The first-order valence-electron chi connectivity index (χ1n) is 8.32. The Hall–Kier alpha value is -1.26. The maximum Gasteiger partial charge on any atom is 0.220 e. The number of amides is 1. The number of halogens is 1. The Labute approximate surface area is 145 Å². The van der Waals surface area contributed by atoms with Crippen LogP contribution < -0.4 is 15.4 Å². The maximum atomic E-state index is 12.0. The van der Waals surface area contributed by atoms with Crippen LogP contribution in [0.5, 0.6) is 5.75 Å². The lowest BCUT2D eigenvalue weighted by atomic mass is 9.85. The number of para-hydroxylation sites is 1. The molecule has 0 saturated carbocycles. The minimum Gasteiger partial charge on any atom is -0.491 e. The largest absolute Gasteiger partial charge is 0.491 e. The molecule has 5 heteroatoms. The van der Waals surface area contributed by atoms with E-state index in [1.807, 2.05) is 31.2 Å². The summed E-state index contributed by atoms with van der Waals surface area (Å²) in [6.07, 6.45) is 3.06. The Morgan fingerprint density at radius 3 is 2.91 bits per heavy atom. The Morgan fingerprint density at radius 2 is 2.22 bits per heavy atom. The standard InChI is InChI=1S/C18H28N2O2.ClH/c1-14-6-3-4-8-17(14)22-11-10-20-18(21)12-15(2)16-7-5-9-19-13-16;/h3-4,6,8,15-16,19H,5,7,9-13H2,1-2H3,(H,20,21);1H. The highest BCUT2D eigenvalue weighted by atomic mass is 35.5. The smallest absolute Gasteiger partial charge is 0.220 e. The third kappa shape index (κ3) is 6.80. The van der Waals surface area contributed by atoms with Crippen molar-refractivity contribution in [3.8, 4) is 5.75 Å². The fourth-order valence-corrected chi connectivity index (χ4v) is 2.97. The van der Waals surface area contributed by atoms with Crippen molar-refractivity contribution in [2.75, 3.05) is 26.2 Å². The second kappa shape index (κ2) is 10.5. The van der Waals surface area contributed by atoms with E-state index >= 15 is 0 Å². The van der Waals surface area contributed by atoms with Crippen LogP contribution in [0.15, 0.2) is 24.3 Å². The first-order chi connectivity index (χ1) is 10.7. The van der Waals surface area contributed by atoms with Crippen LogP contribution in [0.1, 0.15) is 31.7 Å². The number of piperidine rings is 1. The Bertz CT molecular complexity index is 476. The van der Waals surface area contributed by atoms with Crippen LogP contribution in [0, 0.1) is 18.8 Å². The summed E-state index contributed by atoms with van der Waals surface area (Å²) in [6, 6.07) is 7.93. The molecule has 1 amide bonds. The van der Waals surface area contributed by atoms with Gasteiger partial charge in [-0.3, -0.25) is 4.79 Å². The fraction of sp³-hybridized carbons (Fsp3) is 0.611. The van der Waals surface area contributed by atoms with E-state index in [4.69, 9.17) is 4.74 Å². The Morgan fingerprint density at radius 1 is 1.43 bits per heavy atom. The summed E-state index contributed by atoms with van der Waals surface area (Å²) in [5.74, 6) is 2.08. The number of rotatable bonds is 7. The molecule has 1 fully saturated rings. The zero-order chi connectivity index (χ0) is 15.8. The third-order valence-corrected chi connectivity index (χ3v) is 4.42. The minimum absolute atomic E-state index is 0. The highest BCUT2D eigenvalue weighted by Gasteiger charge is 2.21. The van der Waals surface area contributed by atoms with Crippen molar-refractivity contribution in [2.24, 2.45) is 11.8 Å². The first-order valence-corrected chi connectivity index (χ1v) is 8.32. The van der Waals surface area contributed by atoms with Gasteiger partial charge in [0.15, 0.2) is 0 Å². The zero-order valence-corrected chi connectivity index (χ0v) is 15.0. The van der Waals surface area contributed by atoms with E-state index in [1.165, 1.54) is 12.8 Å². The molecule has 23 heavy (non-hydrogen) atoms. The minimum atomic E-state index is 0. The van der Waals surface area contributed by atoms with Crippen molar-refractivity contribution < 1.29 is 9.53 Å². The van der Waals surface area contributed by atoms with Gasteiger partial charge in [-0.2, -0.15) is 0 Å². The van der Waals surface area contributed by atoms with Crippen molar-refractivity contribution in [1.82, 2.24) is 10.6 Å².